The van der Waals surface area contributed by atoms with Gasteiger partial charge in [0.15, 0.2) is 5.76 Å². The summed E-state index contributed by atoms with van der Waals surface area (Å²) in [7, 11) is 0. The monoisotopic (exact) mass is 463 g/mol. The molecular formula is C23H14BrNO5. The molecule has 4 aromatic rings. The lowest BCUT2D eigenvalue weighted by atomic mass is 10.1. The molecule has 0 radical (unpaired) electrons. The smallest absolute Gasteiger partial charge is 0.269 e. The lowest BCUT2D eigenvalue weighted by Gasteiger charge is -1.97. The minimum atomic E-state index is -0.470. The van der Waals surface area contributed by atoms with Crippen LogP contribution >= 0.6 is 15.9 Å². The molecule has 148 valence electrons. The predicted molar refractivity (Wildman–Crippen MR) is 116 cm³/mol. The predicted octanol–water partition coefficient (Wildman–Crippen LogP) is 6.77. The van der Waals surface area contributed by atoms with E-state index in [9.17, 15) is 14.9 Å². The average Bonchev–Trinajstić information content (AvgIpc) is 3.43. The average molecular weight is 464 g/mol. The normalized spacial score (nSPS) is 11.1. The molecule has 6 nitrogen and oxygen atoms in total. The van der Waals surface area contributed by atoms with Gasteiger partial charge in [-0.15, -0.1) is 0 Å². The Bertz CT molecular complexity index is 1230. The Kier molecular flexibility index (Phi) is 5.45. The van der Waals surface area contributed by atoms with Crippen LogP contribution in [0.25, 0.3) is 28.7 Å². The number of non-ortho nitro benzene ring substituents is 1. The summed E-state index contributed by atoms with van der Waals surface area (Å²) < 4.78 is 12.3. The number of carbonyl (C=O) groups excluding carboxylic acids is 1. The van der Waals surface area contributed by atoms with Gasteiger partial charge in [-0.3, -0.25) is 14.9 Å². The summed E-state index contributed by atoms with van der Waals surface area (Å²) in [5.41, 5.74) is 1.57. The van der Waals surface area contributed by atoms with Crippen molar-refractivity contribution in [3.8, 4) is 22.6 Å². The number of furan rings is 2. The van der Waals surface area contributed by atoms with E-state index in [4.69, 9.17) is 8.83 Å². The Hall–Kier alpha value is -3.71. The fourth-order valence-electron chi connectivity index (χ4n) is 2.82. The molecular weight excluding hydrogens is 450 g/mol. The first-order valence-electron chi connectivity index (χ1n) is 8.92. The number of nitrogens with zero attached hydrogens (tertiary/aromatic N) is 1. The third-order valence-electron chi connectivity index (χ3n) is 4.37. The van der Waals surface area contributed by atoms with E-state index in [1.165, 1.54) is 18.2 Å². The molecule has 2 aromatic heterocycles. The number of hydrogen-bond acceptors (Lipinski definition) is 5. The van der Waals surface area contributed by atoms with Crippen molar-refractivity contribution in [2.75, 3.05) is 0 Å². The first-order valence-corrected chi connectivity index (χ1v) is 9.72. The van der Waals surface area contributed by atoms with Gasteiger partial charge in [0.25, 0.3) is 5.69 Å². The minimum absolute atomic E-state index is 0.00880. The molecule has 2 aromatic carbocycles. The molecule has 0 amide bonds. The second kappa shape index (κ2) is 8.34. The van der Waals surface area contributed by atoms with Gasteiger partial charge in [-0.05, 0) is 60.7 Å². The van der Waals surface area contributed by atoms with Gasteiger partial charge in [0.05, 0.1) is 4.92 Å². The minimum Gasteiger partial charge on any atom is -0.457 e. The number of halogens is 1. The highest BCUT2D eigenvalue weighted by atomic mass is 79.9. The number of rotatable bonds is 6. The molecule has 0 aliphatic rings. The van der Waals surface area contributed by atoms with Gasteiger partial charge in [0.2, 0.25) is 5.78 Å². The van der Waals surface area contributed by atoms with E-state index in [0.717, 1.165) is 10.0 Å². The van der Waals surface area contributed by atoms with Crippen LogP contribution in [0.5, 0.6) is 0 Å². The maximum absolute atomic E-state index is 12.4. The van der Waals surface area contributed by atoms with Gasteiger partial charge in [-0.2, -0.15) is 0 Å². The molecule has 0 fully saturated rings. The number of nitro benzene ring substituents is 1. The van der Waals surface area contributed by atoms with Crippen molar-refractivity contribution in [2.45, 2.75) is 0 Å². The summed E-state index contributed by atoms with van der Waals surface area (Å²) in [4.78, 5) is 22.7. The van der Waals surface area contributed by atoms with E-state index in [0.29, 0.717) is 22.8 Å². The zero-order valence-corrected chi connectivity index (χ0v) is 17.0. The van der Waals surface area contributed by atoms with Crippen molar-refractivity contribution in [3.63, 3.8) is 0 Å². The van der Waals surface area contributed by atoms with Gasteiger partial charge in [-0.1, -0.05) is 28.1 Å². The molecule has 4 rings (SSSR count). The summed E-state index contributed by atoms with van der Waals surface area (Å²) in [6.45, 7) is 0. The molecule has 0 unspecified atom stereocenters. The Labute approximate surface area is 179 Å². The van der Waals surface area contributed by atoms with Crippen LogP contribution in [-0.4, -0.2) is 10.7 Å². The fraction of sp³-hybridized carbons (Fsp3) is 0. The Morgan fingerprint density at radius 2 is 1.43 bits per heavy atom. The van der Waals surface area contributed by atoms with Gasteiger partial charge in [0, 0.05) is 27.7 Å². The molecule has 0 atom stereocenters. The van der Waals surface area contributed by atoms with Crippen molar-refractivity contribution >= 4 is 33.5 Å². The van der Waals surface area contributed by atoms with Crippen LogP contribution in [0.1, 0.15) is 16.3 Å². The maximum atomic E-state index is 12.4. The largest absolute Gasteiger partial charge is 0.457 e. The zero-order valence-electron chi connectivity index (χ0n) is 15.4. The summed E-state index contributed by atoms with van der Waals surface area (Å²) in [5.74, 6) is 1.55. The molecule has 0 N–H and O–H groups in total. The van der Waals surface area contributed by atoms with E-state index in [1.54, 1.807) is 36.4 Å². The van der Waals surface area contributed by atoms with E-state index >= 15 is 0 Å². The van der Waals surface area contributed by atoms with Gasteiger partial charge < -0.3 is 8.83 Å². The lowest BCUT2D eigenvalue weighted by Crippen LogP contribution is -1.90. The Morgan fingerprint density at radius 3 is 2.10 bits per heavy atom. The third-order valence-corrected chi connectivity index (χ3v) is 4.89. The van der Waals surface area contributed by atoms with Crippen molar-refractivity contribution in [1.82, 2.24) is 0 Å². The SMILES string of the molecule is O=C(/C=C/c1ccc(-c2ccc(Br)cc2)o1)c1ccc(-c2ccc([N+](=O)[O-])cc2)o1. The molecule has 0 saturated carbocycles. The van der Waals surface area contributed by atoms with Gasteiger partial charge >= 0.3 is 0 Å². The first-order chi connectivity index (χ1) is 14.5. The Morgan fingerprint density at radius 1 is 0.833 bits per heavy atom. The number of nitro groups is 1. The molecule has 0 aliphatic heterocycles. The second-order valence-electron chi connectivity index (χ2n) is 6.37. The summed E-state index contributed by atoms with van der Waals surface area (Å²) in [6.07, 6.45) is 2.96. The highest BCUT2D eigenvalue weighted by Crippen LogP contribution is 2.26. The third kappa shape index (κ3) is 4.31. The molecule has 2 heterocycles. The zero-order chi connectivity index (χ0) is 21.1. The van der Waals surface area contributed by atoms with Crippen molar-refractivity contribution in [3.05, 3.63) is 105 Å². The number of allylic oxidation sites excluding steroid dienone is 1. The van der Waals surface area contributed by atoms with E-state index in [1.807, 2.05) is 30.3 Å². The quantitative estimate of drug-likeness (QED) is 0.136. The number of benzene rings is 2. The van der Waals surface area contributed by atoms with Crippen LogP contribution < -0.4 is 0 Å². The number of hydrogen-bond donors (Lipinski definition) is 0. The van der Waals surface area contributed by atoms with Crippen molar-refractivity contribution in [1.29, 1.82) is 0 Å². The summed E-state index contributed by atoms with van der Waals surface area (Å²) in [6, 6.07) is 20.5. The molecule has 0 saturated heterocycles. The number of carbonyl (C=O) groups is 1. The highest BCUT2D eigenvalue weighted by Gasteiger charge is 2.12. The topological polar surface area (TPSA) is 86.5 Å². The van der Waals surface area contributed by atoms with Crippen molar-refractivity contribution < 1.29 is 18.6 Å². The maximum Gasteiger partial charge on any atom is 0.269 e. The Balaban J connectivity index is 1.46. The molecule has 30 heavy (non-hydrogen) atoms. The lowest BCUT2D eigenvalue weighted by molar-refractivity contribution is -0.384. The number of ketones is 1. The van der Waals surface area contributed by atoms with E-state index in [-0.39, 0.29) is 17.2 Å². The van der Waals surface area contributed by atoms with Crippen LogP contribution in [0, 0.1) is 10.1 Å². The van der Waals surface area contributed by atoms with Crippen LogP contribution in [0.2, 0.25) is 0 Å². The van der Waals surface area contributed by atoms with Gasteiger partial charge in [0.1, 0.15) is 17.3 Å². The molecule has 0 bridgehead atoms. The first kappa shape index (κ1) is 19.6. The van der Waals surface area contributed by atoms with E-state index < -0.39 is 4.92 Å². The van der Waals surface area contributed by atoms with Crippen LogP contribution in [0.15, 0.2) is 92.2 Å². The van der Waals surface area contributed by atoms with Crippen LogP contribution in [-0.2, 0) is 0 Å². The standard InChI is InChI=1S/C23H14BrNO5/c24-17-5-1-15(2-6-17)21-12-10-19(29-21)9-11-20(26)23-14-13-22(30-23)16-3-7-18(8-4-16)25(27)28/h1-14H/b11-9+. The van der Waals surface area contributed by atoms with Crippen LogP contribution in [0.3, 0.4) is 0 Å². The molecule has 0 aliphatic carbocycles. The van der Waals surface area contributed by atoms with Crippen molar-refractivity contribution in [2.24, 2.45) is 0 Å². The van der Waals surface area contributed by atoms with E-state index in [2.05, 4.69) is 15.9 Å². The second-order valence-corrected chi connectivity index (χ2v) is 7.29. The van der Waals surface area contributed by atoms with Gasteiger partial charge in [-0.25, -0.2) is 0 Å². The summed E-state index contributed by atoms with van der Waals surface area (Å²) >= 11 is 3.40. The fourth-order valence-corrected chi connectivity index (χ4v) is 3.09. The molecule has 7 heteroatoms. The summed E-state index contributed by atoms with van der Waals surface area (Å²) in [5, 5.41) is 10.7. The molecule has 0 spiro atoms. The van der Waals surface area contributed by atoms with Crippen LogP contribution in [0.4, 0.5) is 5.69 Å². The highest BCUT2D eigenvalue weighted by molar-refractivity contribution is 9.10.